The summed E-state index contributed by atoms with van der Waals surface area (Å²) in [5.74, 6) is 2.87. The minimum absolute atomic E-state index is 0.0992. The quantitative estimate of drug-likeness (QED) is 0.198. The number of hydrogen-bond acceptors (Lipinski definition) is 6. The molecule has 2 aliphatic rings. The number of aryl methyl sites for hydroxylation is 2. The number of rotatable bonds is 14. The van der Waals surface area contributed by atoms with Crippen molar-refractivity contribution in [3.63, 3.8) is 0 Å². The first-order chi connectivity index (χ1) is 20.1. The van der Waals surface area contributed by atoms with Gasteiger partial charge in [-0.05, 0) is 93.9 Å². The van der Waals surface area contributed by atoms with Crippen molar-refractivity contribution in [3.8, 4) is 0 Å². The Balaban J connectivity index is 1.32. The Hall–Kier alpha value is -1.74. The summed E-state index contributed by atoms with van der Waals surface area (Å²) in [5, 5.41) is 0. The molecule has 0 unspecified atom stereocenters. The summed E-state index contributed by atoms with van der Waals surface area (Å²) in [6.07, 6.45) is 14.8. The SMILES string of the molecule is CCCC1CCC(C2CCC(CCC(COS(=O)(=O)c3ccc(C)cc3)COS(=O)(=O)c3ccc(C)cc3)CC2)CC1. The highest BCUT2D eigenvalue weighted by Gasteiger charge is 2.31. The van der Waals surface area contributed by atoms with Crippen molar-refractivity contribution in [3.05, 3.63) is 59.7 Å². The van der Waals surface area contributed by atoms with Crippen molar-refractivity contribution in [2.24, 2.45) is 29.6 Å². The van der Waals surface area contributed by atoms with Crippen LogP contribution in [-0.4, -0.2) is 30.0 Å². The molecule has 42 heavy (non-hydrogen) atoms. The third-order valence-corrected chi connectivity index (χ3v) is 12.3. The fourth-order valence-electron chi connectivity index (χ4n) is 6.91. The van der Waals surface area contributed by atoms with Gasteiger partial charge in [-0.25, -0.2) is 0 Å². The van der Waals surface area contributed by atoms with Crippen molar-refractivity contribution in [1.29, 1.82) is 0 Å². The molecule has 0 aliphatic heterocycles. The maximum Gasteiger partial charge on any atom is 0.296 e. The van der Waals surface area contributed by atoms with Crippen LogP contribution in [0.1, 0.15) is 95.1 Å². The van der Waals surface area contributed by atoms with Gasteiger partial charge >= 0.3 is 0 Å². The van der Waals surface area contributed by atoms with Crippen molar-refractivity contribution in [2.45, 2.75) is 108 Å². The molecule has 0 heterocycles. The number of benzene rings is 2. The van der Waals surface area contributed by atoms with Crippen molar-refractivity contribution in [2.75, 3.05) is 13.2 Å². The van der Waals surface area contributed by atoms with E-state index >= 15 is 0 Å². The van der Waals surface area contributed by atoms with Crippen LogP contribution in [0.2, 0.25) is 0 Å². The average molecular weight is 619 g/mol. The van der Waals surface area contributed by atoms with Crippen LogP contribution in [0.3, 0.4) is 0 Å². The molecule has 6 nitrogen and oxygen atoms in total. The Kier molecular flexibility index (Phi) is 12.1. The fraction of sp³-hybridized carbons (Fsp3) is 0.647. The molecule has 8 heteroatoms. The molecule has 0 spiro atoms. The zero-order valence-electron chi connectivity index (χ0n) is 25.7. The maximum atomic E-state index is 12.9. The van der Waals surface area contributed by atoms with Crippen LogP contribution in [-0.2, 0) is 28.6 Å². The van der Waals surface area contributed by atoms with E-state index in [9.17, 15) is 16.8 Å². The van der Waals surface area contributed by atoms with Gasteiger partial charge in [-0.3, -0.25) is 8.37 Å². The molecule has 0 bridgehead atoms. The van der Waals surface area contributed by atoms with E-state index in [1.165, 1.54) is 88.5 Å². The molecule has 0 radical (unpaired) electrons. The van der Waals surface area contributed by atoms with E-state index in [0.717, 1.165) is 35.3 Å². The minimum atomic E-state index is -3.96. The maximum absolute atomic E-state index is 12.9. The van der Waals surface area contributed by atoms with E-state index in [2.05, 4.69) is 6.92 Å². The summed E-state index contributed by atoms with van der Waals surface area (Å²) in [4.78, 5) is 0.198. The highest BCUT2D eigenvalue weighted by atomic mass is 32.2. The normalized spacial score (nSPS) is 23.7. The summed E-state index contributed by atoms with van der Waals surface area (Å²) < 4.78 is 62.4. The van der Waals surface area contributed by atoms with Crippen LogP contribution in [0.25, 0.3) is 0 Å². The van der Waals surface area contributed by atoms with Crippen LogP contribution < -0.4 is 0 Å². The molecule has 234 valence electrons. The van der Waals surface area contributed by atoms with E-state index in [-0.39, 0.29) is 28.9 Å². The molecular weight excluding hydrogens is 569 g/mol. The summed E-state index contributed by atoms with van der Waals surface area (Å²) in [5.41, 5.74) is 1.92. The van der Waals surface area contributed by atoms with E-state index in [4.69, 9.17) is 8.37 Å². The topological polar surface area (TPSA) is 86.7 Å². The molecule has 0 saturated heterocycles. The average Bonchev–Trinajstić information content (AvgIpc) is 2.98. The summed E-state index contributed by atoms with van der Waals surface area (Å²) in [7, 11) is -7.92. The third kappa shape index (κ3) is 9.63. The van der Waals surface area contributed by atoms with E-state index in [1.54, 1.807) is 24.3 Å². The fourth-order valence-corrected chi connectivity index (χ4v) is 8.86. The Morgan fingerprint density at radius 3 is 1.38 bits per heavy atom. The van der Waals surface area contributed by atoms with Gasteiger partial charge in [0.25, 0.3) is 20.2 Å². The van der Waals surface area contributed by atoms with Crippen LogP contribution >= 0.6 is 0 Å². The predicted molar refractivity (Wildman–Crippen MR) is 167 cm³/mol. The Labute approximate surface area is 254 Å². The molecule has 2 fully saturated rings. The van der Waals surface area contributed by atoms with Crippen LogP contribution in [0.5, 0.6) is 0 Å². The van der Waals surface area contributed by atoms with Crippen molar-refractivity contribution >= 4 is 20.2 Å². The zero-order chi connectivity index (χ0) is 30.2. The first-order valence-electron chi connectivity index (χ1n) is 16.0. The third-order valence-electron chi connectivity index (χ3n) is 9.67. The summed E-state index contributed by atoms with van der Waals surface area (Å²) >= 11 is 0. The smallest absolute Gasteiger partial charge is 0.266 e. The lowest BCUT2D eigenvalue weighted by Crippen LogP contribution is -2.26. The van der Waals surface area contributed by atoms with Crippen LogP contribution in [0.4, 0.5) is 0 Å². The largest absolute Gasteiger partial charge is 0.296 e. The molecule has 0 amide bonds. The summed E-state index contributed by atoms with van der Waals surface area (Å²) in [6.45, 7) is 5.85. The van der Waals surface area contributed by atoms with E-state index in [1.807, 2.05) is 13.8 Å². The molecule has 2 saturated carbocycles. The van der Waals surface area contributed by atoms with Crippen molar-refractivity contribution in [1.82, 2.24) is 0 Å². The van der Waals surface area contributed by atoms with Gasteiger partial charge in [0, 0.05) is 5.92 Å². The highest BCUT2D eigenvalue weighted by Crippen LogP contribution is 2.43. The van der Waals surface area contributed by atoms with Gasteiger partial charge in [0.1, 0.15) is 0 Å². The standard InChI is InChI=1S/C34H50O6S2/c1-4-5-28-12-16-31(17-13-28)32-18-14-29(15-19-32)10-11-30(24-39-41(35,36)33-20-6-26(2)7-21-33)25-40-42(37,38)34-22-8-27(3)9-23-34/h6-9,20-23,28-32H,4-5,10-19,24-25H2,1-3H3. The van der Waals surface area contributed by atoms with Gasteiger partial charge in [-0.1, -0.05) is 87.3 Å². The number of hydrogen-bond donors (Lipinski definition) is 0. The van der Waals surface area contributed by atoms with E-state index < -0.39 is 20.2 Å². The molecule has 2 aliphatic carbocycles. The second kappa shape index (κ2) is 15.3. The molecule has 0 aromatic heterocycles. The van der Waals surface area contributed by atoms with Gasteiger partial charge in [-0.15, -0.1) is 0 Å². The second-order valence-electron chi connectivity index (χ2n) is 12.9. The molecule has 2 aromatic rings. The zero-order valence-corrected chi connectivity index (χ0v) is 27.3. The minimum Gasteiger partial charge on any atom is -0.266 e. The van der Waals surface area contributed by atoms with Gasteiger partial charge < -0.3 is 0 Å². The second-order valence-corrected chi connectivity index (χ2v) is 16.1. The summed E-state index contributed by atoms with van der Waals surface area (Å²) in [6, 6.07) is 13.1. The molecule has 0 atom stereocenters. The lowest BCUT2D eigenvalue weighted by atomic mass is 9.68. The van der Waals surface area contributed by atoms with Gasteiger partial charge in [0.05, 0.1) is 23.0 Å². The van der Waals surface area contributed by atoms with Crippen LogP contribution in [0, 0.1) is 43.4 Å². The molecule has 0 N–H and O–H groups in total. The first kappa shape index (κ1) is 33.2. The van der Waals surface area contributed by atoms with E-state index in [0.29, 0.717) is 12.3 Å². The van der Waals surface area contributed by atoms with Gasteiger partial charge in [0.2, 0.25) is 0 Å². The highest BCUT2D eigenvalue weighted by molar-refractivity contribution is 7.87. The monoisotopic (exact) mass is 618 g/mol. The van der Waals surface area contributed by atoms with Crippen LogP contribution in [0.15, 0.2) is 58.3 Å². The molecule has 4 rings (SSSR count). The first-order valence-corrected chi connectivity index (χ1v) is 18.8. The Morgan fingerprint density at radius 2 is 1.00 bits per heavy atom. The molecular formula is C34H50O6S2. The van der Waals surface area contributed by atoms with Gasteiger partial charge in [-0.2, -0.15) is 16.8 Å². The van der Waals surface area contributed by atoms with Gasteiger partial charge in [0.15, 0.2) is 0 Å². The lowest BCUT2D eigenvalue weighted by Gasteiger charge is -2.38. The molecule has 2 aromatic carbocycles. The predicted octanol–water partition coefficient (Wildman–Crippen LogP) is 8.22. The van der Waals surface area contributed by atoms with Crippen molar-refractivity contribution < 1.29 is 25.2 Å². The Morgan fingerprint density at radius 1 is 0.619 bits per heavy atom. The Bertz CT molecular complexity index is 1220. The lowest BCUT2D eigenvalue weighted by molar-refractivity contribution is 0.130.